The Morgan fingerprint density at radius 3 is 2.36 bits per heavy atom. The quantitative estimate of drug-likeness (QED) is 0.415. The van der Waals surface area contributed by atoms with Crippen molar-refractivity contribution in [3.05, 3.63) is 59.4 Å². The lowest BCUT2D eigenvalue weighted by molar-refractivity contribution is 0.0490. The highest BCUT2D eigenvalue weighted by Gasteiger charge is 2.15. The predicted molar refractivity (Wildman–Crippen MR) is 89.8 cm³/mol. The first kappa shape index (κ1) is 18.4. The van der Waals surface area contributed by atoms with E-state index in [1.165, 1.54) is 38.5 Å². The van der Waals surface area contributed by atoms with Crippen molar-refractivity contribution in [3.8, 4) is 11.5 Å². The first-order valence-corrected chi connectivity index (χ1v) is 7.73. The minimum Gasteiger partial charge on any atom is -0.497 e. The third kappa shape index (κ3) is 5.04. The van der Waals surface area contributed by atoms with Gasteiger partial charge in [-0.1, -0.05) is 0 Å². The van der Waals surface area contributed by atoms with E-state index in [0.29, 0.717) is 23.5 Å². The summed E-state index contributed by atoms with van der Waals surface area (Å²) in [7, 11) is 2.97. The van der Waals surface area contributed by atoms with Gasteiger partial charge in [0.25, 0.3) is 0 Å². The Labute approximate surface area is 145 Å². The normalized spacial score (nSPS) is 10.2. The molecule has 0 aliphatic rings. The van der Waals surface area contributed by atoms with E-state index in [1.807, 2.05) is 0 Å². The molecule has 0 radical (unpaired) electrons. The largest absolute Gasteiger partial charge is 0.497 e. The molecule has 0 unspecified atom stereocenters. The van der Waals surface area contributed by atoms with Gasteiger partial charge in [0.1, 0.15) is 22.9 Å². The summed E-state index contributed by atoms with van der Waals surface area (Å²) < 4.78 is 28.2. The van der Waals surface area contributed by atoms with Crippen LogP contribution in [0.5, 0.6) is 11.5 Å². The maximum Gasteiger partial charge on any atom is 0.341 e. The first-order chi connectivity index (χ1) is 12.0. The van der Waals surface area contributed by atoms with Crippen LogP contribution < -0.4 is 9.47 Å². The number of carbonyl (C=O) groups excluding carboxylic acids is 2. The highest BCUT2D eigenvalue weighted by Crippen LogP contribution is 2.25. The van der Waals surface area contributed by atoms with E-state index in [-0.39, 0.29) is 30.2 Å². The number of rotatable bonds is 8. The molecule has 0 heterocycles. The molecule has 6 heteroatoms. The zero-order valence-electron chi connectivity index (χ0n) is 14.1. The molecule has 2 aromatic rings. The van der Waals surface area contributed by atoms with E-state index in [1.54, 1.807) is 18.2 Å². The topological polar surface area (TPSA) is 61.8 Å². The van der Waals surface area contributed by atoms with E-state index >= 15 is 0 Å². The van der Waals surface area contributed by atoms with Crippen LogP contribution in [-0.4, -0.2) is 32.6 Å². The van der Waals surface area contributed by atoms with Gasteiger partial charge in [-0.3, -0.25) is 4.79 Å². The van der Waals surface area contributed by atoms with Crippen LogP contribution in [0.1, 0.15) is 33.6 Å². The molecule has 2 aromatic carbocycles. The molecule has 0 N–H and O–H groups in total. The van der Waals surface area contributed by atoms with Gasteiger partial charge in [0.05, 0.1) is 20.8 Å². The van der Waals surface area contributed by atoms with Crippen molar-refractivity contribution in [1.29, 1.82) is 0 Å². The van der Waals surface area contributed by atoms with Crippen molar-refractivity contribution in [2.24, 2.45) is 0 Å². The summed E-state index contributed by atoms with van der Waals surface area (Å²) in [6.07, 6.45) is 0.582. The van der Waals surface area contributed by atoms with Gasteiger partial charge in [0.15, 0.2) is 5.78 Å². The van der Waals surface area contributed by atoms with Crippen LogP contribution in [0.4, 0.5) is 4.39 Å². The van der Waals surface area contributed by atoms with E-state index < -0.39 is 5.97 Å². The van der Waals surface area contributed by atoms with Gasteiger partial charge in [-0.05, 0) is 42.8 Å². The zero-order chi connectivity index (χ0) is 18.2. The molecule has 0 spiro atoms. The summed E-state index contributed by atoms with van der Waals surface area (Å²) in [6.45, 7) is 0.0982. The lowest BCUT2D eigenvalue weighted by Crippen LogP contribution is -2.09. The molecule has 0 aromatic heterocycles. The second kappa shape index (κ2) is 8.82. The van der Waals surface area contributed by atoms with Crippen molar-refractivity contribution < 1.29 is 28.2 Å². The average Bonchev–Trinajstić information content (AvgIpc) is 2.64. The average molecular weight is 346 g/mol. The van der Waals surface area contributed by atoms with Crippen molar-refractivity contribution in [1.82, 2.24) is 0 Å². The molecule has 0 saturated heterocycles. The minimum atomic E-state index is -0.534. The van der Waals surface area contributed by atoms with Crippen LogP contribution in [0.25, 0.3) is 0 Å². The number of Topliss-reactive ketones (excluding diaryl/α,β-unsaturated/α-hetero) is 1. The van der Waals surface area contributed by atoms with Crippen molar-refractivity contribution in [2.75, 3.05) is 20.8 Å². The molecule has 25 heavy (non-hydrogen) atoms. The van der Waals surface area contributed by atoms with Gasteiger partial charge in [0, 0.05) is 18.1 Å². The smallest absolute Gasteiger partial charge is 0.341 e. The third-order valence-corrected chi connectivity index (χ3v) is 3.58. The van der Waals surface area contributed by atoms with Crippen LogP contribution in [0, 0.1) is 5.82 Å². The van der Waals surface area contributed by atoms with Crippen molar-refractivity contribution in [3.63, 3.8) is 0 Å². The Hall–Kier alpha value is -2.89. The number of esters is 1. The van der Waals surface area contributed by atoms with Gasteiger partial charge < -0.3 is 14.2 Å². The lowest BCUT2D eigenvalue weighted by atomic mass is 10.1. The van der Waals surface area contributed by atoms with Crippen LogP contribution in [0.2, 0.25) is 0 Å². The number of carbonyl (C=O) groups is 2. The summed E-state index contributed by atoms with van der Waals surface area (Å²) in [4.78, 5) is 24.1. The van der Waals surface area contributed by atoms with E-state index in [9.17, 15) is 14.0 Å². The maximum atomic E-state index is 12.8. The molecule has 0 aliphatic heterocycles. The molecule has 5 nitrogen and oxygen atoms in total. The highest BCUT2D eigenvalue weighted by molar-refractivity contribution is 5.96. The fraction of sp³-hybridized carbons (Fsp3) is 0.263. The third-order valence-electron chi connectivity index (χ3n) is 3.58. The number of hydrogen-bond donors (Lipinski definition) is 0. The monoisotopic (exact) mass is 346 g/mol. The summed E-state index contributed by atoms with van der Waals surface area (Å²) in [5.41, 5.74) is 0.720. The number of hydrogen-bond acceptors (Lipinski definition) is 5. The number of halogens is 1. The Balaban J connectivity index is 1.84. The highest BCUT2D eigenvalue weighted by atomic mass is 19.1. The summed E-state index contributed by atoms with van der Waals surface area (Å²) >= 11 is 0. The minimum absolute atomic E-state index is 0.0982. The second-order valence-electron chi connectivity index (χ2n) is 5.24. The molecule has 0 aliphatic carbocycles. The Kier molecular flexibility index (Phi) is 6.51. The predicted octanol–water partition coefficient (Wildman–Crippen LogP) is 3.66. The maximum absolute atomic E-state index is 12.8. The SMILES string of the molecule is COc1ccc(C(=O)OCCCC(=O)c2ccc(F)cc2)c(OC)c1. The molecule has 132 valence electrons. The first-order valence-electron chi connectivity index (χ1n) is 7.73. The Morgan fingerprint density at radius 1 is 1.00 bits per heavy atom. The van der Waals surface area contributed by atoms with Crippen LogP contribution in [0.15, 0.2) is 42.5 Å². The molecule has 0 saturated carbocycles. The molecule has 0 bridgehead atoms. The Morgan fingerprint density at radius 2 is 1.72 bits per heavy atom. The lowest BCUT2D eigenvalue weighted by Gasteiger charge is -2.10. The van der Waals surface area contributed by atoms with Crippen molar-refractivity contribution in [2.45, 2.75) is 12.8 Å². The molecular formula is C19H19FO5. The summed E-state index contributed by atoms with van der Waals surface area (Å²) in [5.74, 6) is -0.129. The van der Waals surface area contributed by atoms with E-state index in [2.05, 4.69) is 0 Å². The van der Waals surface area contributed by atoms with E-state index in [0.717, 1.165) is 0 Å². The molecule has 0 atom stereocenters. The zero-order valence-corrected chi connectivity index (χ0v) is 14.1. The van der Waals surface area contributed by atoms with Gasteiger partial charge in [-0.15, -0.1) is 0 Å². The fourth-order valence-electron chi connectivity index (χ4n) is 2.22. The Bertz CT molecular complexity index is 740. The van der Waals surface area contributed by atoms with Crippen molar-refractivity contribution >= 4 is 11.8 Å². The number of ether oxygens (including phenoxy) is 3. The molecule has 0 fully saturated rings. The molecule has 0 amide bonds. The second-order valence-corrected chi connectivity index (χ2v) is 5.24. The number of methoxy groups -OCH3 is 2. The van der Waals surface area contributed by atoms with Gasteiger partial charge >= 0.3 is 5.97 Å². The van der Waals surface area contributed by atoms with Crippen LogP contribution in [-0.2, 0) is 4.74 Å². The van der Waals surface area contributed by atoms with Gasteiger partial charge in [-0.2, -0.15) is 0 Å². The van der Waals surface area contributed by atoms with Gasteiger partial charge in [-0.25, -0.2) is 9.18 Å². The van der Waals surface area contributed by atoms with Crippen LogP contribution in [0.3, 0.4) is 0 Å². The number of ketones is 1. The standard InChI is InChI=1S/C19H19FO5/c1-23-15-9-10-16(18(12-15)24-2)19(22)25-11-3-4-17(21)13-5-7-14(20)8-6-13/h5-10,12H,3-4,11H2,1-2H3. The molecule has 2 rings (SSSR count). The van der Waals surface area contributed by atoms with E-state index in [4.69, 9.17) is 14.2 Å². The van der Waals surface area contributed by atoms with Gasteiger partial charge in [0.2, 0.25) is 0 Å². The molecular weight excluding hydrogens is 327 g/mol. The van der Waals surface area contributed by atoms with Crippen LogP contribution >= 0.6 is 0 Å². The summed E-state index contributed by atoms with van der Waals surface area (Å²) in [6, 6.07) is 10.1. The number of benzene rings is 2. The fourth-order valence-corrected chi connectivity index (χ4v) is 2.22. The summed E-state index contributed by atoms with van der Waals surface area (Å²) in [5, 5.41) is 0.